The highest BCUT2D eigenvalue weighted by molar-refractivity contribution is 6.21. The zero-order valence-electron chi connectivity index (χ0n) is 29.7. The van der Waals surface area contributed by atoms with Crippen LogP contribution in [-0.2, 0) is 7.05 Å². The first kappa shape index (κ1) is 31.0. The molecule has 0 bridgehead atoms. The van der Waals surface area contributed by atoms with Gasteiger partial charge in [0.2, 0.25) is 0 Å². The number of imidazole rings is 1. The van der Waals surface area contributed by atoms with E-state index in [2.05, 4.69) is 201 Å². The Morgan fingerprint density at radius 3 is 1.32 bits per heavy atom. The molecule has 2 nitrogen and oxygen atoms in total. The lowest BCUT2D eigenvalue weighted by molar-refractivity contribution is 0.888. The molecule has 2 heteroatoms. The van der Waals surface area contributed by atoms with E-state index in [1.807, 2.05) is 0 Å². The van der Waals surface area contributed by atoms with Crippen LogP contribution in [0.2, 0.25) is 0 Å². The molecule has 250 valence electrons. The highest BCUT2D eigenvalue weighted by atomic mass is 15.0. The molecule has 0 aliphatic heterocycles. The van der Waals surface area contributed by atoms with Gasteiger partial charge < -0.3 is 4.57 Å². The molecule has 0 amide bonds. The summed E-state index contributed by atoms with van der Waals surface area (Å²) in [6.07, 6.45) is 0. The van der Waals surface area contributed by atoms with E-state index in [1.165, 1.54) is 93.5 Å². The van der Waals surface area contributed by atoms with Crippen LogP contribution in [0.3, 0.4) is 0 Å². The van der Waals surface area contributed by atoms with Gasteiger partial charge in [-0.1, -0.05) is 164 Å². The standard InChI is InChI=1S/C51H36N2/c1-33-52-48-32-47(41-20-6-11-25-46(41)51(48)53(33)2)36-28-26-35(27-29-36)38-17-13-19-40(31-38)50-44-23-9-7-21-42(44)49(43-22-8-10-24-45(43)50)39-18-12-16-37(30-39)34-14-4-3-5-15-34/h3-32H,1-2H3. The minimum absolute atomic E-state index is 1.02. The van der Waals surface area contributed by atoms with Crippen molar-refractivity contribution in [2.75, 3.05) is 0 Å². The molecule has 0 N–H and O–H groups in total. The highest BCUT2D eigenvalue weighted by Gasteiger charge is 2.18. The third-order valence-electron chi connectivity index (χ3n) is 11.0. The van der Waals surface area contributed by atoms with Crippen LogP contribution in [0.25, 0.3) is 99.0 Å². The Morgan fingerprint density at radius 1 is 0.358 bits per heavy atom. The fourth-order valence-electron chi connectivity index (χ4n) is 8.36. The Kier molecular flexibility index (Phi) is 7.30. The quantitative estimate of drug-likeness (QED) is 0.166. The van der Waals surface area contributed by atoms with Crippen molar-refractivity contribution in [1.82, 2.24) is 9.55 Å². The van der Waals surface area contributed by atoms with Crippen LogP contribution < -0.4 is 0 Å². The Labute approximate surface area is 309 Å². The molecule has 1 aromatic heterocycles. The molecule has 0 aliphatic carbocycles. The monoisotopic (exact) mass is 676 g/mol. The smallest absolute Gasteiger partial charge is 0.106 e. The molecule has 1 heterocycles. The van der Waals surface area contributed by atoms with Crippen LogP contribution >= 0.6 is 0 Å². The van der Waals surface area contributed by atoms with E-state index in [4.69, 9.17) is 4.98 Å². The summed E-state index contributed by atoms with van der Waals surface area (Å²) >= 11 is 0. The van der Waals surface area contributed by atoms with Crippen molar-refractivity contribution in [3.05, 3.63) is 188 Å². The Bertz CT molecular complexity index is 2950. The second-order valence-corrected chi connectivity index (χ2v) is 14.0. The van der Waals surface area contributed by atoms with E-state index in [9.17, 15) is 0 Å². The van der Waals surface area contributed by atoms with E-state index >= 15 is 0 Å². The number of fused-ring (bicyclic) bond motifs is 5. The van der Waals surface area contributed by atoms with Gasteiger partial charge in [0, 0.05) is 12.4 Å². The van der Waals surface area contributed by atoms with Crippen molar-refractivity contribution in [2.45, 2.75) is 6.92 Å². The first-order valence-electron chi connectivity index (χ1n) is 18.3. The van der Waals surface area contributed by atoms with E-state index in [0.29, 0.717) is 0 Å². The molecule has 0 atom stereocenters. The summed E-state index contributed by atoms with van der Waals surface area (Å²) in [7, 11) is 2.10. The summed E-state index contributed by atoms with van der Waals surface area (Å²) in [5.41, 5.74) is 14.4. The molecule has 53 heavy (non-hydrogen) atoms. The molecule has 10 rings (SSSR count). The number of hydrogen-bond donors (Lipinski definition) is 0. The summed E-state index contributed by atoms with van der Waals surface area (Å²) in [6.45, 7) is 2.07. The summed E-state index contributed by atoms with van der Waals surface area (Å²) in [5, 5.41) is 7.50. The Morgan fingerprint density at radius 2 is 0.774 bits per heavy atom. The lowest BCUT2D eigenvalue weighted by Crippen LogP contribution is -1.92. The minimum Gasteiger partial charge on any atom is -0.331 e. The lowest BCUT2D eigenvalue weighted by Gasteiger charge is -2.18. The van der Waals surface area contributed by atoms with Gasteiger partial charge in [-0.2, -0.15) is 0 Å². The van der Waals surface area contributed by atoms with Gasteiger partial charge in [0.25, 0.3) is 0 Å². The number of hydrogen-bond acceptors (Lipinski definition) is 1. The largest absolute Gasteiger partial charge is 0.331 e. The van der Waals surface area contributed by atoms with Gasteiger partial charge in [-0.3, -0.25) is 0 Å². The van der Waals surface area contributed by atoms with Crippen LogP contribution in [0.15, 0.2) is 182 Å². The molecule has 9 aromatic carbocycles. The van der Waals surface area contributed by atoms with Gasteiger partial charge >= 0.3 is 0 Å². The molecule has 0 spiro atoms. The maximum Gasteiger partial charge on any atom is 0.106 e. The average molecular weight is 677 g/mol. The third kappa shape index (κ3) is 5.14. The topological polar surface area (TPSA) is 17.8 Å². The summed E-state index contributed by atoms with van der Waals surface area (Å²) in [5.74, 6) is 1.02. The zero-order chi connectivity index (χ0) is 35.5. The van der Waals surface area contributed by atoms with E-state index < -0.39 is 0 Å². The number of aryl methyl sites for hydroxylation is 2. The summed E-state index contributed by atoms with van der Waals surface area (Å²) in [6, 6.07) is 66.5. The summed E-state index contributed by atoms with van der Waals surface area (Å²) in [4.78, 5) is 4.90. The fraction of sp³-hybridized carbons (Fsp3) is 0.0392. The fourth-order valence-corrected chi connectivity index (χ4v) is 8.36. The molecule has 0 fully saturated rings. The van der Waals surface area contributed by atoms with Gasteiger partial charge in [0.1, 0.15) is 5.82 Å². The predicted molar refractivity (Wildman–Crippen MR) is 225 cm³/mol. The summed E-state index contributed by atoms with van der Waals surface area (Å²) < 4.78 is 2.20. The molecule has 0 saturated carbocycles. The van der Waals surface area contributed by atoms with Gasteiger partial charge in [-0.05, 0) is 108 Å². The zero-order valence-corrected chi connectivity index (χ0v) is 29.7. The SMILES string of the molecule is Cc1nc2cc(-c3ccc(-c4cccc(-c5c6ccccc6c(-c6cccc(-c7ccccc7)c6)c6ccccc56)c4)cc3)c3ccccc3c2n1C. The third-order valence-corrected chi connectivity index (χ3v) is 11.0. The first-order valence-corrected chi connectivity index (χ1v) is 18.3. The average Bonchev–Trinajstić information content (AvgIpc) is 3.52. The predicted octanol–water partition coefficient (Wildman–Crippen LogP) is 13.7. The van der Waals surface area contributed by atoms with Gasteiger partial charge in [-0.15, -0.1) is 0 Å². The normalized spacial score (nSPS) is 11.6. The van der Waals surface area contributed by atoms with Crippen molar-refractivity contribution in [1.29, 1.82) is 0 Å². The Hall–Kier alpha value is -6.77. The van der Waals surface area contributed by atoms with Crippen molar-refractivity contribution in [3.8, 4) is 55.6 Å². The van der Waals surface area contributed by atoms with Crippen molar-refractivity contribution >= 4 is 43.4 Å². The van der Waals surface area contributed by atoms with Gasteiger partial charge in [0.05, 0.1) is 11.0 Å². The van der Waals surface area contributed by atoms with Crippen LogP contribution in [0.4, 0.5) is 0 Å². The molecular formula is C51H36N2. The molecule has 0 saturated heterocycles. The van der Waals surface area contributed by atoms with Gasteiger partial charge in [-0.25, -0.2) is 4.98 Å². The lowest BCUT2D eigenvalue weighted by atomic mass is 9.85. The second-order valence-electron chi connectivity index (χ2n) is 14.0. The van der Waals surface area contributed by atoms with Crippen molar-refractivity contribution in [2.24, 2.45) is 7.05 Å². The first-order chi connectivity index (χ1) is 26.1. The van der Waals surface area contributed by atoms with Crippen LogP contribution in [-0.4, -0.2) is 9.55 Å². The highest BCUT2D eigenvalue weighted by Crippen LogP contribution is 2.45. The number of aromatic nitrogens is 2. The van der Waals surface area contributed by atoms with Crippen LogP contribution in [0.1, 0.15) is 5.82 Å². The number of rotatable bonds is 5. The molecule has 0 radical (unpaired) electrons. The van der Waals surface area contributed by atoms with E-state index in [-0.39, 0.29) is 0 Å². The van der Waals surface area contributed by atoms with E-state index in [1.54, 1.807) is 0 Å². The molecule has 10 aromatic rings. The molecular weight excluding hydrogens is 641 g/mol. The van der Waals surface area contributed by atoms with Crippen LogP contribution in [0, 0.1) is 6.92 Å². The Balaban J connectivity index is 1.09. The molecule has 0 aliphatic rings. The molecule has 0 unspecified atom stereocenters. The maximum atomic E-state index is 4.90. The maximum absolute atomic E-state index is 4.90. The van der Waals surface area contributed by atoms with E-state index in [0.717, 1.165) is 11.3 Å². The second kappa shape index (κ2) is 12.5. The number of benzene rings is 9. The van der Waals surface area contributed by atoms with Gasteiger partial charge in [0.15, 0.2) is 0 Å². The minimum atomic E-state index is 1.02. The number of nitrogens with zero attached hydrogens (tertiary/aromatic N) is 2. The van der Waals surface area contributed by atoms with Crippen LogP contribution in [0.5, 0.6) is 0 Å². The van der Waals surface area contributed by atoms with Crippen molar-refractivity contribution in [3.63, 3.8) is 0 Å². The van der Waals surface area contributed by atoms with Crippen molar-refractivity contribution < 1.29 is 0 Å².